The Morgan fingerprint density at radius 1 is 0.758 bits per heavy atom. The molecule has 172 valence electrons. The van der Waals surface area contributed by atoms with E-state index in [0.29, 0.717) is 47.2 Å². The average molecular weight is 465 g/mol. The van der Waals surface area contributed by atoms with E-state index < -0.39 is 0 Å². The molecule has 0 heterocycles. The molecule has 3 aromatic rings. The van der Waals surface area contributed by atoms with E-state index in [-0.39, 0.29) is 11.8 Å². The molecule has 2 N–H and O–H groups in total. The summed E-state index contributed by atoms with van der Waals surface area (Å²) in [4.78, 5) is 25.6. The normalized spacial score (nSPS) is 10.4. The number of rotatable bonds is 10. The van der Waals surface area contributed by atoms with Crippen LogP contribution in [-0.2, 0) is 5.75 Å². The van der Waals surface area contributed by atoms with Gasteiger partial charge in [-0.15, -0.1) is 0 Å². The number of hydrogen-bond acceptors (Lipinski definition) is 5. The lowest BCUT2D eigenvalue weighted by atomic mass is 10.1. The third kappa shape index (κ3) is 6.52. The predicted octanol–water partition coefficient (Wildman–Crippen LogP) is 5.85. The molecule has 3 rings (SSSR count). The molecule has 0 fully saturated rings. The summed E-state index contributed by atoms with van der Waals surface area (Å²) >= 11 is 1.73. The zero-order chi connectivity index (χ0) is 23.6. The maximum Gasteiger partial charge on any atom is 0.255 e. The summed E-state index contributed by atoms with van der Waals surface area (Å²) < 4.78 is 11.5. The fourth-order valence-electron chi connectivity index (χ4n) is 3.20. The predicted molar refractivity (Wildman–Crippen MR) is 135 cm³/mol. The highest BCUT2D eigenvalue weighted by molar-refractivity contribution is 7.97. The number of carbonyl (C=O) groups excluding carboxylic acids is 2. The van der Waals surface area contributed by atoms with E-state index in [0.717, 1.165) is 11.3 Å². The molecule has 0 atom stereocenters. The SMILES string of the molecule is CCOc1cc(NC(=O)c2ccc(CSC)cc2)c(OCC)cc1NC(=O)c1ccccc1. The molecule has 0 saturated carbocycles. The third-order valence-electron chi connectivity index (χ3n) is 4.74. The van der Waals surface area contributed by atoms with E-state index in [2.05, 4.69) is 10.6 Å². The Hall–Kier alpha value is -3.45. The molecule has 0 aliphatic rings. The monoisotopic (exact) mass is 464 g/mol. The molecule has 0 unspecified atom stereocenters. The summed E-state index contributed by atoms with van der Waals surface area (Å²) in [6.45, 7) is 4.50. The number of thioether (sulfide) groups is 1. The van der Waals surface area contributed by atoms with E-state index >= 15 is 0 Å². The molecule has 2 amide bonds. The number of carbonyl (C=O) groups is 2. The van der Waals surface area contributed by atoms with Crippen molar-refractivity contribution in [3.05, 3.63) is 83.4 Å². The fraction of sp³-hybridized carbons (Fsp3) is 0.231. The standard InChI is InChI=1S/C26H28N2O4S/c1-4-31-23-16-22(28-26(30)20-13-11-18(12-14-20)17-33-3)24(32-5-2)15-21(23)27-25(29)19-9-7-6-8-10-19/h6-16H,4-5,17H2,1-3H3,(H,27,29)(H,28,30). The maximum absolute atomic E-state index is 12.9. The Balaban J connectivity index is 1.88. The van der Waals surface area contributed by atoms with E-state index in [1.165, 1.54) is 0 Å². The fourth-order valence-corrected chi connectivity index (χ4v) is 3.73. The minimum absolute atomic E-state index is 0.254. The van der Waals surface area contributed by atoms with Gasteiger partial charge in [0.05, 0.1) is 24.6 Å². The molecule has 33 heavy (non-hydrogen) atoms. The van der Waals surface area contributed by atoms with Gasteiger partial charge < -0.3 is 20.1 Å². The number of anilines is 2. The van der Waals surface area contributed by atoms with Crippen LogP contribution in [0.1, 0.15) is 40.1 Å². The van der Waals surface area contributed by atoms with Crippen LogP contribution in [0.5, 0.6) is 11.5 Å². The number of nitrogens with one attached hydrogen (secondary N) is 2. The largest absolute Gasteiger partial charge is 0.492 e. The van der Waals surface area contributed by atoms with Gasteiger partial charge in [0.25, 0.3) is 11.8 Å². The van der Waals surface area contributed by atoms with Gasteiger partial charge in [-0.1, -0.05) is 30.3 Å². The summed E-state index contributed by atoms with van der Waals surface area (Å²) in [7, 11) is 0. The van der Waals surface area contributed by atoms with Gasteiger partial charge in [-0.05, 0) is 49.9 Å². The maximum atomic E-state index is 12.9. The van der Waals surface area contributed by atoms with Crippen molar-refractivity contribution in [2.24, 2.45) is 0 Å². The van der Waals surface area contributed by atoms with Gasteiger partial charge >= 0.3 is 0 Å². The molecule has 0 saturated heterocycles. The van der Waals surface area contributed by atoms with Crippen LogP contribution >= 0.6 is 11.8 Å². The minimum atomic E-state index is -0.263. The van der Waals surface area contributed by atoms with Crippen molar-refractivity contribution >= 4 is 35.0 Å². The van der Waals surface area contributed by atoms with Crippen molar-refractivity contribution in [1.29, 1.82) is 0 Å². The Bertz CT molecular complexity index is 1090. The molecule has 0 spiro atoms. The summed E-state index contributed by atoms with van der Waals surface area (Å²) in [5, 5.41) is 5.79. The Kier molecular flexibility index (Phi) is 8.78. The summed E-state index contributed by atoms with van der Waals surface area (Å²) in [5.41, 5.74) is 3.16. The highest BCUT2D eigenvalue weighted by Crippen LogP contribution is 2.37. The Morgan fingerprint density at radius 3 is 1.70 bits per heavy atom. The molecule has 6 nitrogen and oxygen atoms in total. The van der Waals surface area contributed by atoms with E-state index in [1.807, 2.05) is 38.3 Å². The second kappa shape index (κ2) is 12.0. The van der Waals surface area contributed by atoms with Gasteiger partial charge in [0, 0.05) is 29.0 Å². The van der Waals surface area contributed by atoms with Gasteiger partial charge in [-0.25, -0.2) is 0 Å². The minimum Gasteiger partial charge on any atom is -0.492 e. The lowest BCUT2D eigenvalue weighted by molar-refractivity contribution is 0.101. The van der Waals surface area contributed by atoms with Crippen LogP contribution in [0.4, 0.5) is 11.4 Å². The zero-order valence-corrected chi connectivity index (χ0v) is 19.8. The highest BCUT2D eigenvalue weighted by atomic mass is 32.2. The molecule has 0 bridgehead atoms. The molecule has 0 aliphatic carbocycles. The highest BCUT2D eigenvalue weighted by Gasteiger charge is 2.17. The van der Waals surface area contributed by atoms with Crippen LogP contribution in [-0.4, -0.2) is 31.3 Å². The second-order valence-electron chi connectivity index (χ2n) is 7.11. The van der Waals surface area contributed by atoms with Crippen LogP contribution in [0.3, 0.4) is 0 Å². The van der Waals surface area contributed by atoms with E-state index in [1.54, 1.807) is 60.3 Å². The van der Waals surface area contributed by atoms with Gasteiger partial charge in [0.2, 0.25) is 0 Å². The lowest BCUT2D eigenvalue weighted by Gasteiger charge is -2.18. The Morgan fingerprint density at radius 2 is 1.24 bits per heavy atom. The van der Waals surface area contributed by atoms with Crippen molar-refractivity contribution in [3.63, 3.8) is 0 Å². The number of ether oxygens (including phenoxy) is 2. The van der Waals surface area contributed by atoms with Crippen LogP contribution in [0, 0.1) is 0 Å². The lowest BCUT2D eigenvalue weighted by Crippen LogP contribution is -2.15. The molecule has 0 aliphatic heterocycles. The number of amides is 2. The first-order valence-corrected chi connectivity index (χ1v) is 12.1. The van der Waals surface area contributed by atoms with Crippen molar-refractivity contribution in [1.82, 2.24) is 0 Å². The summed E-state index contributed by atoms with van der Waals surface area (Å²) in [6, 6.07) is 19.8. The average Bonchev–Trinajstić information content (AvgIpc) is 2.83. The van der Waals surface area contributed by atoms with E-state index in [9.17, 15) is 9.59 Å². The zero-order valence-electron chi connectivity index (χ0n) is 19.0. The van der Waals surface area contributed by atoms with Crippen molar-refractivity contribution in [2.45, 2.75) is 19.6 Å². The first-order valence-electron chi connectivity index (χ1n) is 10.7. The van der Waals surface area contributed by atoms with E-state index in [4.69, 9.17) is 9.47 Å². The quantitative estimate of drug-likeness (QED) is 0.393. The van der Waals surface area contributed by atoms with Crippen molar-refractivity contribution in [3.8, 4) is 11.5 Å². The molecular weight excluding hydrogens is 436 g/mol. The van der Waals surface area contributed by atoms with Gasteiger partial charge in [-0.3, -0.25) is 9.59 Å². The summed E-state index contributed by atoms with van der Waals surface area (Å²) in [6.07, 6.45) is 2.04. The Labute approximate surface area is 198 Å². The van der Waals surface area contributed by atoms with Crippen LogP contribution < -0.4 is 20.1 Å². The topological polar surface area (TPSA) is 76.7 Å². The molecule has 0 radical (unpaired) electrons. The first kappa shape index (κ1) is 24.2. The molecule has 7 heteroatoms. The summed E-state index contributed by atoms with van der Waals surface area (Å²) in [5.74, 6) is 1.26. The van der Waals surface area contributed by atoms with Gasteiger partial charge in [0.15, 0.2) is 0 Å². The number of hydrogen-bond donors (Lipinski definition) is 2. The smallest absolute Gasteiger partial charge is 0.255 e. The van der Waals surface area contributed by atoms with Crippen LogP contribution in [0.15, 0.2) is 66.7 Å². The van der Waals surface area contributed by atoms with Gasteiger partial charge in [-0.2, -0.15) is 11.8 Å². The molecule has 0 aromatic heterocycles. The van der Waals surface area contributed by atoms with Crippen LogP contribution in [0.2, 0.25) is 0 Å². The number of benzene rings is 3. The van der Waals surface area contributed by atoms with Gasteiger partial charge in [0.1, 0.15) is 11.5 Å². The van der Waals surface area contributed by atoms with Crippen molar-refractivity contribution < 1.29 is 19.1 Å². The third-order valence-corrected chi connectivity index (χ3v) is 5.36. The first-order chi connectivity index (χ1) is 16.0. The second-order valence-corrected chi connectivity index (χ2v) is 7.98. The molecule has 3 aromatic carbocycles. The molecular formula is C26H28N2O4S. The van der Waals surface area contributed by atoms with Crippen molar-refractivity contribution in [2.75, 3.05) is 30.1 Å². The van der Waals surface area contributed by atoms with Crippen LogP contribution in [0.25, 0.3) is 0 Å².